The molecule has 0 aliphatic carbocycles. The third-order valence-electron chi connectivity index (χ3n) is 4.23. The van der Waals surface area contributed by atoms with Crippen LogP contribution in [0.15, 0.2) is 53.1 Å². The number of hydrogen-bond donors (Lipinski definition) is 1. The number of pyridine rings is 1. The van der Waals surface area contributed by atoms with Crippen LogP contribution in [0.1, 0.15) is 15.9 Å². The third kappa shape index (κ3) is 4.29. The molecule has 2 aromatic carbocycles. The first kappa shape index (κ1) is 20.2. The van der Waals surface area contributed by atoms with Crippen molar-refractivity contribution in [2.75, 3.05) is 19.5 Å². The van der Waals surface area contributed by atoms with Gasteiger partial charge in [0, 0.05) is 10.7 Å². The molecule has 0 saturated carbocycles. The van der Waals surface area contributed by atoms with Gasteiger partial charge in [-0.05, 0) is 69.9 Å². The predicted molar refractivity (Wildman–Crippen MR) is 115 cm³/mol. The number of rotatable bonds is 5. The van der Waals surface area contributed by atoms with E-state index in [0.717, 1.165) is 26.9 Å². The summed E-state index contributed by atoms with van der Waals surface area (Å²) in [4.78, 5) is 15.9. The van der Waals surface area contributed by atoms with E-state index in [-0.39, 0.29) is 5.97 Å². The summed E-state index contributed by atoms with van der Waals surface area (Å²) < 4.78 is 11.1. The van der Waals surface area contributed by atoms with Gasteiger partial charge in [-0.25, -0.2) is 9.78 Å². The highest BCUT2D eigenvalue weighted by Gasteiger charge is 2.12. The number of aromatic nitrogens is 1. The highest BCUT2D eigenvalue weighted by Crippen LogP contribution is 2.36. The van der Waals surface area contributed by atoms with Crippen LogP contribution in [0.3, 0.4) is 0 Å². The Morgan fingerprint density at radius 3 is 2.46 bits per heavy atom. The molecule has 1 N–H and O–H groups in total. The van der Waals surface area contributed by atoms with E-state index in [9.17, 15) is 4.79 Å². The van der Waals surface area contributed by atoms with Crippen LogP contribution in [0.5, 0.6) is 5.75 Å². The molecule has 0 unspecified atom stereocenters. The highest BCUT2D eigenvalue weighted by atomic mass is 79.9. The number of carbonyl (C=O) groups is 1. The summed E-state index contributed by atoms with van der Waals surface area (Å²) in [6, 6.07) is 13.0. The van der Waals surface area contributed by atoms with E-state index in [1.165, 1.54) is 7.11 Å². The molecule has 3 rings (SSSR count). The molecule has 0 radical (unpaired) electrons. The molecule has 0 saturated heterocycles. The van der Waals surface area contributed by atoms with Crippen LogP contribution in [0, 0.1) is 6.92 Å². The summed E-state index contributed by atoms with van der Waals surface area (Å²) in [5.74, 6) is 0.955. The first-order chi connectivity index (χ1) is 13.4. The van der Waals surface area contributed by atoms with E-state index < -0.39 is 0 Å². The Kier molecular flexibility index (Phi) is 6.21. The second-order valence-corrected chi connectivity index (χ2v) is 7.31. The van der Waals surface area contributed by atoms with Gasteiger partial charge < -0.3 is 14.8 Å². The molecule has 0 spiro atoms. The topological polar surface area (TPSA) is 60.5 Å². The minimum absolute atomic E-state index is 0.359. The molecule has 28 heavy (non-hydrogen) atoms. The number of ether oxygens (including phenoxy) is 2. The van der Waals surface area contributed by atoms with Gasteiger partial charge >= 0.3 is 5.97 Å². The highest BCUT2D eigenvalue weighted by molar-refractivity contribution is 9.10. The van der Waals surface area contributed by atoms with Crippen LogP contribution in [0.4, 0.5) is 11.5 Å². The molecule has 0 aliphatic heterocycles. The minimum atomic E-state index is -0.359. The maximum absolute atomic E-state index is 11.6. The lowest BCUT2D eigenvalue weighted by atomic mass is 9.98. The fraction of sp³-hybridized carbons (Fsp3) is 0.143. The van der Waals surface area contributed by atoms with Gasteiger partial charge in [0.1, 0.15) is 11.6 Å². The summed E-state index contributed by atoms with van der Waals surface area (Å²) >= 11 is 9.40. The normalized spacial score (nSPS) is 10.5. The zero-order valence-corrected chi connectivity index (χ0v) is 17.9. The average molecular weight is 462 g/mol. The first-order valence-electron chi connectivity index (χ1n) is 8.38. The summed E-state index contributed by atoms with van der Waals surface area (Å²) in [5.41, 5.74) is 4.32. The van der Waals surface area contributed by atoms with Crippen molar-refractivity contribution in [3.05, 3.63) is 69.3 Å². The van der Waals surface area contributed by atoms with Crippen molar-refractivity contribution < 1.29 is 14.3 Å². The van der Waals surface area contributed by atoms with E-state index in [1.807, 2.05) is 31.2 Å². The van der Waals surface area contributed by atoms with Crippen LogP contribution in [-0.4, -0.2) is 25.2 Å². The van der Waals surface area contributed by atoms with Crippen molar-refractivity contribution in [2.24, 2.45) is 0 Å². The predicted octanol–water partition coefficient (Wildman–Crippen LogP) is 6.01. The Bertz CT molecular complexity index is 1020. The summed E-state index contributed by atoms with van der Waals surface area (Å²) in [5, 5.41) is 3.80. The molecular formula is C21H18BrClN2O3. The first-order valence-corrected chi connectivity index (χ1v) is 9.55. The molecule has 0 amide bonds. The number of anilines is 2. The third-order valence-corrected chi connectivity index (χ3v) is 5.42. The van der Waals surface area contributed by atoms with Crippen molar-refractivity contribution in [2.45, 2.75) is 6.92 Å². The lowest BCUT2D eigenvalue weighted by Crippen LogP contribution is -2.01. The number of aryl methyl sites for hydroxylation is 1. The van der Waals surface area contributed by atoms with Gasteiger partial charge in [-0.3, -0.25) is 0 Å². The van der Waals surface area contributed by atoms with Gasteiger partial charge in [0.2, 0.25) is 0 Å². The maximum atomic E-state index is 11.6. The molecule has 3 aromatic rings. The second-order valence-electron chi connectivity index (χ2n) is 6.04. The number of nitrogens with one attached hydrogen (secondary N) is 1. The lowest BCUT2D eigenvalue weighted by molar-refractivity contribution is 0.0601. The summed E-state index contributed by atoms with van der Waals surface area (Å²) in [6.07, 6.45) is 1.57. The van der Waals surface area contributed by atoms with E-state index in [2.05, 4.69) is 26.2 Å². The Labute approximate surface area is 176 Å². The van der Waals surface area contributed by atoms with E-state index >= 15 is 0 Å². The van der Waals surface area contributed by atoms with Gasteiger partial charge in [-0.1, -0.05) is 23.7 Å². The Balaban J connectivity index is 1.95. The zero-order chi connectivity index (χ0) is 20.3. The van der Waals surface area contributed by atoms with Gasteiger partial charge in [-0.15, -0.1) is 0 Å². The Morgan fingerprint density at radius 2 is 1.86 bits per heavy atom. The van der Waals surface area contributed by atoms with Crippen LogP contribution >= 0.6 is 27.5 Å². The van der Waals surface area contributed by atoms with E-state index in [0.29, 0.717) is 22.2 Å². The molecule has 0 fully saturated rings. The monoisotopic (exact) mass is 460 g/mol. The fourth-order valence-corrected chi connectivity index (χ4v) is 3.21. The van der Waals surface area contributed by atoms with Gasteiger partial charge in [0.15, 0.2) is 0 Å². The van der Waals surface area contributed by atoms with Crippen molar-refractivity contribution in [1.82, 2.24) is 4.98 Å². The second kappa shape index (κ2) is 8.63. The smallest absolute Gasteiger partial charge is 0.337 e. The number of halogens is 2. The number of methoxy groups -OCH3 is 2. The van der Waals surface area contributed by atoms with E-state index in [4.69, 9.17) is 21.1 Å². The van der Waals surface area contributed by atoms with Crippen molar-refractivity contribution in [1.29, 1.82) is 0 Å². The van der Waals surface area contributed by atoms with Crippen LogP contribution in [0.25, 0.3) is 11.1 Å². The van der Waals surface area contributed by atoms with Crippen molar-refractivity contribution >= 4 is 45.0 Å². The average Bonchev–Trinajstić information content (AvgIpc) is 2.70. The molecule has 7 heteroatoms. The maximum Gasteiger partial charge on any atom is 0.337 e. The standard InChI is InChI=1S/C21H18BrClN2O3/c1-12-8-18(25-20-10-16(22)17(23)11-24-20)19(27-2)9-15(12)13-4-6-14(7-5-13)21(26)28-3/h4-11H,1-3H3,(H,24,25). The van der Waals surface area contributed by atoms with E-state index in [1.54, 1.807) is 31.5 Å². The quantitative estimate of drug-likeness (QED) is 0.471. The largest absolute Gasteiger partial charge is 0.495 e. The van der Waals surface area contributed by atoms with Crippen molar-refractivity contribution in [3.63, 3.8) is 0 Å². The summed E-state index contributed by atoms with van der Waals surface area (Å²) in [7, 11) is 2.98. The molecular weight excluding hydrogens is 444 g/mol. The molecule has 5 nitrogen and oxygen atoms in total. The SMILES string of the molecule is COC(=O)c1ccc(-c2cc(OC)c(Nc3cc(Br)c(Cl)cn3)cc2C)cc1. The lowest BCUT2D eigenvalue weighted by Gasteiger charge is -2.15. The molecule has 0 bridgehead atoms. The number of hydrogen-bond acceptors (Lipinski definition) is 5. The van der Waals surface area contributed by atoms with Crippen LogP contribution in [-0.2, 0) is 4.74 Å². The fourth-order valence-electron chi connectivity index (χ4n) is 2.79. The number of benzene rings is 2. The molecule has 1 heterocycles. The van der Waals surface area contributed by atoms with Crippen LogP contribution < -0.4 is 10.1 Å². The van der Waals surface area contributed by atoms with Gasteiger partial charge in [0.05, 0.1) is 30.5 Å². The number of carbonyl (C=O) groups excluding carboxylic acids is 1. The van der Waals surface area contributed by atoms with Crippen molar-refractivity contribution in [3.8, 4) is 16.9 Å². The number of nitrogens with zero attached hydrogens (tertiary/aromatic N) is 1. The zero-order valence-electron chi connectivity index (χ0n) is 15.5. The summed E-state index contributed by atoms with van der Waals surface area (Å²) in [6.45, 7) is 2.01. The molecule has 1 aromatic heterocycles. The molecule has 0 aliphatic rings. The van der Waals surface area contributed by atoms with Crippen LogP contribution in [0.2, 0.25) is 5.02 Å². The Morgan fingerprint density at radius 1 is 1.14 bits per heavy atom. The molecule has 144 valence electrons. The Hall–Kier alpha value is -2.57. The number of esters is 1. The molecule has 0 atom stereocenters. The van der Waals surface area contributed by atoms with Gasteiger partial charge in [-0.2, -0.15) is 0 Å². The minimum Gasteiger partial charge on any atom is -0.495 e. The van der Waals surface area contributed by atoms with Gasteiger partial charge in [0.25, 0.3) is 0 Å².